The number of benzene rings is 3. The first-order valence-corrected chi connectivity index (χ1v) is 16.3. The highest BCUT2D eigenvalue weighted by Gasteiger charge is 2.36. The van der Waals surface area contributed by atoms with Gasteiger partial charge in [-0.2, -0.15) is 39.5 Å². The van der Waals surface area contributed by atoms with Crippen LogP contribution in [0, 0.1) is 0 Å². The average molecular weight is 706 g/mol. The highest BCUT2D eigenvalue weighted by atomic mass is 19.4. The van der Waals surface area contributed by atoms with E-state index in [-0.39, 0.29) is 22.9 Å². The molecule has 0 amide bonds. The Bertz CT molecular complexity index is 1340. The molecule has 0 fully saturated rings. The summed E-state index contributed by atoms with van der Waals surface area (Å²) in [5.74, 6) is -0.428. The van der Waals surface area contributed by atoms with Crippen LogP contribution in [-0.2, 0) is 18.5 Å². The van der Waals surface area contributed by atoms with Crippen LogP contribution in [0.3, 0.4) is 0 Å². The summed E-state index contributed by atoms with van der Waals surface area (Å²) in [5, 5.41) is 0. The first-order valence-electron chi connectivity index (χ1n) is 16.3. The fourth-order valence-electron chi connectivity index (χ4n) is 5.07. The summed E-state index contributed by atoms with van der Waals surface area (Å²) in [5.41, 5.74) is -2.83. The van der Waals surface area contributed by atoms with Crippen LogP contribution in [0.1, 0.15) is 94.2 Å². The maximum absolute atomic E-state index is 13.7. The van der Waals surface area contributed by atoms with Crippen molar-refractivity contribution in [3.63, 3.8) is 0 Å². The zero-order valence-electron chi connectivity index (χ0n) is 27.5. The number of nitrogens with zero attached hydrogens (tertiary/aromatic N) is 1. The quantitative estimate of drug-likeness (QED) is 0.0706. The minimum absolute atomic E-state index is 0.0407. The third kappa shape index (κ3) is 13.6. The van der Waals surface area contributed by atoms with Gasteiger partial charge in [0.1, 0.15) is 17.2 Å². The lowest BCUT2D eigenvalue weighted by Crippen LogP contribution is -2.37. The molecule has 0 N–H and O–H groups in total. The number of halogens is 9. The van der Waals surface area contributed by atoms with Crippen LogP contribution >= 0.6 is 0 Å². The molecule has 0 aliphatic carbocycles. The zero-order chi connectivity index (χ0) is 36.1. The van der Waals surface area contributed by atoms with Crippen LogP contribution < -0.4 is 18.9 Å². The molecule has 3 aromatic carbocycles. The van der Waals surface area contributed by atoms with Gasteiger partial charge in [-0.15, -0.1) is 0 Å². The molecule has 0 unspecified atom stereocenters. The van der Waals surface area contributed by atoms with Crippen molar-refractivity contribution in [2.45, 2.75) is 96.1 Å². The molecule has 0 aliphatic rings. The maximum Gasteiger partial charge on any atom is 0.864 e. The van der Waals surface area contributed by atoms with Gasteiger partial charge >= 0.3 is 25.9 Å². The van der Waals surface area contributed by atoms with Gasteiger partial charge in [-0.3, -0.25) is 0 Å². The Morgan fingerprint density at radius 1 is 0.510 bits per heavy atom. The summed E-state index contributed by atoms with van der Waals surface area (Å²) >= 11 is 0. The molecule has 0 atom stereocenters. The Morgan fingerprint density at radius 3 is 1.31 bits per heavy atom. The zero-order valence-corrected chi connectivity index (χ0v) is 27.5. The van der Waals surface area contributed by atoms with E-state index < -0.39 is 42.5 Å². The molecule has 4 nitrogen and oxygen atoms in total. The van der Waals surface area contributed by atoms with E-state index in [1.807, 2.05) is 0 Å². The summed E-state index contributed by atoms with van der Waals surface area (Å²) in [7, 11) is -0.222. The maximum atomic E-state index is 13.7. The van der Waals surface area contributed by atoms with Crippen molar-refractivity contribution in [2.75, 3.05) is 18.5 Å². The SMILES string of the molecule is CCCCCCCCCCCCCN(C)c1cc(C(F)(F)F)ccc1OB(Oc1ccc(C(F)(F)F)cc1)Oc1ccc(C(F)(F)F)cc1. The van der Waals surface area contributed by atoms with E-state index in [0.29, 0.717) is 13.0 Å². The van der Waals surface area contributed by atoms with Crippen LogP contribution in [0.4, 0.5) is 45.2 Å². The highest BCUT2D eigenvalue weighted by Crippen LogP contribution is 2.38. The van der Waals surface area contributed by atoms with E-state index in [2.05, 4.69) is 6.92 Å². The molecular weight excluding hydrogens is 664 g/mol. The minimum Gasteiger partial charge on any atom is -0.490 e. The molecule has 0 saturated carbocycles. The standard InChI is InChI=1S/C35H41BF9NO3/c1-3-4-5-6-7-8-9-10-11-12-13-24-46(2)31-25-28(35(43,44)45)18-23-32(31)49-36(47-29-19-14-26(15-20-29)33(37,38)39)48-30-21-16-27(17-22-30)34(40,41)42/h14-23,25H,3-13,24H2,1-2H3. The van der Waals surface area contributed by atoms with Crippen molar-refractivity contribution < 1.29 is 53.5 Å². The molecule has 3 rings (SSSR count). The fourth-order valence-corrected chi connectivity index (χ4v) is 5.07. The predicted octanol–water partition coefficient (Wildman–Crippen LogP) is 12.0. The number of unbranched alkanes of at least 4 members (excludes halogenated alkanes) is 10. The Hall–Kier alpha value is -3.71. The van der Waals surface area contributed by atoms with Crippen LogP contribution in [-0.4, -0.2) is 20.9 Å². The van der Waals surface area contributed by atoms with E-state index >= 15 is 0 Å². The van der Waals surface area contributed by atoms with E-state index in [1.54, 1.807) is 11.9 Å². The number of hydrogen-bond donors (Lipinski definition) is 0. The first-order chi connectivity index (χ1) is 23.1. The van der Waals surface area contributed by atoms with Gasteiger partial charge in [-0.25, -0.2) is 0 Å². The lowest BCUT2D eigenvalue weighted by molar-refractivity contribution is -0.138. The minimum atomic E-state index is -4.67. The molecule has 14 heteroatoms. The molecule has 0 radical (unpaired) electrons. The fraction of sp³-hybridized carbons (Fsp3) is 0.486. The summed E-state index contributed by atoms with van der Waals surface area (Å²) < 4.78 is 137. The van der Waals surface area contributed by atoms with Crippen molar-refractivity contribution in [3.05, 3.63) is 83.4 Å². The Balaban J connectivity index is 1.76. The number of alkyl halides is 9. The number of anilines is 1. The molecule has 0 bridgehead atoms. The van der Waals surface area contributed by atoms with E-state index in [0.717, 1.165) is 92.4 Å². The van der Waals surface area contributed by atoms with Gasteiger partial charge in [-0.05, 0) is 73.2 Å². The van der Waals surface area contributed by atoms with Gasteiger partial charge in [0.15, 0.2) is 0 Å². The monoisotopic (exact) mass is 705 g/mol. The Labute approximate surface area is 281 Å². The van der Waals surface area contributed by atoms with E-state index in [9.17, 15) is 39.5 Å². The van der Waals surface area contributed by atoms with Crippen molar-refractivity contribution in [1.82, 2.24) is 0 Å². The third-order valence-electron chi connectivity index (χ3n) is 7.85. The summed E-state index contributed by atoms with van der Waals surface area (Å²) in [6.07, 6.45) is -1.82. The number of rotatable bonds is 19. The highest BCUT2D eigenvalue weighted by molar-refractivity contribution is 6.39. The van der Waals surface area contributed by atoms with Crippen molar-refractivity contribution in [2.24, 2.45) is 0 Å². The molecule has 0 heterocycles. The second-order valence-corrected chi connectivity index (χ2v) is 11.8. The van der Waals surface area contributed by atoms with Crippen LogP contribution in [0.15, 0.2) is 66.7 Å². The second-order valence-electron chi connectivity index (χ2n) is 11.8. The normalized spacial score (nSPS) is 12.1. The lowest BCUT2D eigenvalue weighted by atomic mass is 10.1. The van der Waals surface area contributed by atoms with Crippen LogP contribution in [0.25, 0.3) is 0 Å². The smallest absolute Gasteiger partial charge is 0.490 e. The summed E-state index contributed by atoms with van der Waals surface area (Å²) in [6, 6.07) is 9.69. The topological polar surface area (TPSA) is 30.9 Å². The predicted molar refractivity (Wildman–Crippen MR) is 172 cm³/mol. The van der Waals surface area contributed by atoms with Crippen molar-refractivity contribution in [3.8, 4) is 17.2 Å². The van der Waals surface area contributed by atoms with E-state index in [4.69, 9.17) is 14.0 Å². The van der Waals surface area contributed by atoms with Gasteiger partial charge < -0.3 is 18.9 Å². The van der Waals surface area contributed by atoms with Gasteiger partial charge in [0.25, 0.3) is 0 Å². The second kappa shape index (κ2) is 18.3. The van der Waals surface area contributed by atoms with Gasteiger partial charge in [0.05, 0.1) is 22.4 Å². The molecule has 0 aliphatic heterocycles. The molecule has 0 saturated heterocycles. The molecular formula is C35H41BF9NO3. The largest absolute Gasteiger partial charge is 0.864 e. The van der Waals surface area contributed by atoms with Gasteiger partial charge in [0.2, 0.25) is 0 Å². The molecule has 49 heavy (non-hydrogen) atoms. The van der Waals surface area contributed by atoms with E-state index in [1.165, 1.54) is 38.5 Å². The van der Waals surface area contributed by atoms with Crippen molar-refractivity contribution >= 4 is 13.0 Å². The molecule has 0 spiro atoms. The van der Waals surface area contributed by atoms with Gasteiger partial charge in [-0.1, -0.05) is 71.1 Å². The first kappa shape index (κ1) is 39.7. The van der Waals surface area contributed by atoms with Gasteiger partial charge in [0, 0.05) is 13.6 Å². The molecule has 270 valence electrons. The molecule has 3 aromatic rings. The Kier molecular flexibility index (Phi) is 14.9. The van der Waals surface area contributed by atoms with Crippen LogP contribution in [0.2, 0.25) is 0 Å². The lowest BCUT2D eigenvalue weighted by Gasteiger charge is -2.25. The summed E-state index contributed by atoms with van der Waals surface area (Å²) in [6.45, 7) is 2.57. The average Bonchev–Trinajstić information content (AvgIpc) is 3.03. The Morgan fingerprint density at radius 2 is 0.898 bits per heavy atom. The van der Waals surface area contributed by atoms with Crippen molar-refractivity contribution in [1.29, 1.82) is 0 Å². The summed E-state index contributed by atoms with van der Waals surface area (Å²) in [4.78, 5) is 1.59. The third-order valence-corrected chi connectivity index (χ3v) is 7.85. The number of hydrogen-bond acceptors (Lipinski definition) is 4. The molecule has 0 aromatic heterocycles. The van der Waals surface area contributed by atoms with Crippen LogP contribution in [0.5, 0.6) is 17.2 Å².